The van der Waals surface area contributed by atoms with Crippen molar-refractivity contribution in [2.75, 3.05) is 5.32 Å². The van der Waals surface area contributed by atoms with Gasteiger partial charge in [-0.15, -0.1) is 0 Å². The molecule has 0 aliphatic heterocycles. The van der Waals surface area contributed by atoms with Crippen LogP contribution < -0.4 is 10.9 Å². The van der Waals surface area contributed by atoms with Crippen molar-refractivity contribution in [2.24, 2.45) is 0 Å². The number of aromatic nitrogens is 3. The van der Waals surface area contributed by atoms with Crippen molar-refractivity contribution in [2.45, 2.75) is 26.4 Å². The molecule has 1 N–H and O–H groups in total. The Bertz CT molecular complexity index is 563. The lowest BCUT2D eigenvalue weighted by atomic mass is 10.3. The van der Waals surface area contributed by atoms with Crippen molar-refractivity contribution in [3.63, 3.8) is 0 Å². The fourth-order valence-electron chi connectivity index (χ4n) is 1.63. The second-order valence-corrected chi connectivity index (χ2v) is 4.39. The van der Waals surface area contributed by atoms with Crippen molar-refractivity contribution >= 4 is 5.69 Å². The van der Waals surface area contributed by atoms with E-state index in [0.717, 1.165) is 11.3 Å². The molecule has 94 valence electrons. The number of nitrogens with zero attached hydrogens (tertiary/aromatic N) is 3. The average molecular weight is 244 g/mol. The number of anilines is 1. The molecular formula is C13H16N4O. The van der Waals surface area contributed by atoms with Crippen molar-refractivity contribution in [3.05, 3.63) is 52.7 Å². The van der Waals surface area contributed by atoms with E-state index in [2.05, 4.69) is 15.4 Å². The SMILES string of the molecule is CC(C)Nc1cnn(Cc2ccncc2)c(=O)c1. The topological polar surface area (TPSA) is 59.8 Å². The standard InChI is InChI=1S/C13H16N4O/c1-10(2)16-12-7-13(18)17(15-8-12)9-11-3-5-14-6-4-11/h3-8,10,16H,9H2,1-2H3. The van der Waals surface area contributed by atoms with Crippen LogP contribution in [0.25, 0.3) is 0 Å². The molecule has 2 heterocycles. The molecule has 0 spiro atoms. The van der Waals surface area contributed by atoms with Gasteiger partial charge in [-0.05, 0) is 31.5 Å². The molecule has 0 aliphatic carbocycles. The Hall–Kier alpha value is -2.17. The second-order valence-electron chi connectivity index (χ2n) is 4.39. The van der Waals surface area contributed by atoms with Crippen molar-refractivity contribution < 1.29 is 0 Å². The molecule has 0 aliphatic rings. The van der Waals surface area contributed by atoms with Crippen LogP contribution in [0.1, 0.15) is 19.4 Å². The van der Waals surface area contributed by atoms with Crippen LogP contribution >= 0.6 is 0 Å². The molecule has 2 aromatic rings. The van der Waals surface area contributed by atoms with Crippen LogP contribution in [-0.2, 0) is 6.54 Å². The maximum Gasteiger partial charge on any atom is 0.269 e. The maximum absolute atomic E-state index is 11.9. The Morgan fingerprint density at radius 2 is 2.06 bits per heavy atom. The Kier molecular flexibility index (Phi) is 3.72. The van der Waals surface area contributed by atoms with Gasteiger partial charge < -0.3 is 5.32 Å². The first-order valence-electron chi connectivity index (χ1n) is 5.88. The number of hydrogen-bond donors (Lipinski definition) is 1. The lowest BCUT2D eigenvalue weighted by Crippen LogP contribution is -2.24. The summed E-state index contributed by atoms with van der Waals surface area (Å²) in [4.78, 5) is 15.8. The lowest BCUT2D eigenvalue weighted by molar-refractivity contribution is 0.638. The number of nitrogens with one attached hydrogen (secondary N) is 1. The van der Waals surface area contributed by atoms with Gasteiger partial charge in [-0.3, -0.25) is 9.78 Å². The Morgan fingerprint density at radius 3 is 2.67 bits per heavy atom. The molecule has 0 saturated carbocycles. The van der Waals surface area contributed by atoms with Gasteiger partial charge in [0.25, 0.3) is 5.56 Å². The minimum atomic E-state index is -0.113. The third kappa shape index (κ3) is 3.16. The minimum Gasteiger partial charge on any atom is -0.381 e. The molecule has 0 aromatic carbocycles. The van der Waals surface area contributed by atoms with Crippen LogP contribution in [0.3, 0.4) is 0 Å². The first kappa shape index (κ1) is 12.3. The Balaban J connectivity index is 2.18. The highest BCUT2D eigenvalue weighted by atomic mass is 16.1. The molecule has 0 radical (unpaired) electrons. The first-order valence-corrected chi connectivity index (χ1v) is 5.88. The second kappa shape index (κ2) is 5.44. The summed E-state index contributed by atoms with van der Waals surface area (Å²) in [6, 6.07) is 5.58. The third-order valence-electron chi connectivity index (χ3n) is 2.41. The van der Waals surface area contributed by atoms with E-state index < -0.39 is 0 Å². The van der Waals surface area contributed by atoms with E-state index in [1.165, 1.54) is 4.68 Å². The summed E-state index contributed by atoms with van der Waals surface area (Å²) in [7, 11) is 0. The zero-order chi connectivity index (χ0) is 13.0. The number of pyridine rings is 1. The lowest BCUT2D eigenvalue weighted by Gasteiger charge is -2.10. The molecule has 5 heteroatoms. The molecule has 0 atom stereocenters. The molecule has 18 heavy (non-hydrogen) atoms. The average Bonchev–Trinajstić information content (AvgIpc) is 2.33. The summed E-state index contributed by atoms with van der Waals surface area (Å²) >= 11 is 0. The van der Waals surface area contributed by atoms with Gasteiger partial charge in [0.2, 0.25) is 0 Å². The van der Waals surface area contributed by atoms with Gasteiger partial charge in [-0.1, -0.05) is 0 Å². The zero-order valence-electron chi connectivity index (χ0n) is 10.5. The molecular weight excluding hydrogens is 228 g/mol. The van der Waals surface area contributed by atoms with E-state index in [-0.39, 0.29) is 11.6 Å². The summed E-state index contributed by atoms with van der Waals surface area (Å²) in [6.45, 7) is 4.49. The third-order valence-corrected chi connectivity index (χ3v) is 2.41. The molecule has 2 rings (SSSR count). The largest absolute Gasteiger partial charge is 0.381 e. The highest BCUT2D eigenvalue weighted by molar-refractivity contribution is 5.39. The maximum atomic E-state index is 11.9. The summed E-state index contributed by atoms with van der Waals surface area (Å²) < 4.78 is 1.43. The van der Waals surface area contributed by atoms with E-state index in [1.54, 1.807) is 24.7 Å². The zero-order valence-corrected chi connectivity index (χ0v) is 10.5. The molecule has 0 amide bonds. The van der Waals surface area contributed by atoms with Crippen LogP contribution in [-0.4, -0.2) is 20.8 Å². The summed E-state index contributed by atoms with van der Waals surface area (Å²) in [5.74, 6) is 0. The van der Waals surface area contributed by atoms with E-state index in [4.69, 9.17) is 0 Å². The highest BCUT2D eigenvalue weighted by Gasteiger charge is 2.02. The van der Waals surface area contributed by atoms with E-state index in [9.17, 15) is 4.79 Å². The number of hydrogen-bond acceptors (Lipinski definition) is 4. The van der Waals surface area contributed by atoms with Gasteiger partial charge in [0.05, 0.1) is 18.4 Å². The summed E-state index contributed by atoms with van der Waals surface area (Å²) in [6.07, 6.45) is 5.08. The molecule has 2 aromatic heterocycles. The first-order chi connectivity index (χ1) is 8.65. The van der Waals surface area contributed by atoms with Crippen LogP contribution in [0.2, 0.25) is 0 Å². The van der Waals surface area contributed by atoms with E-state index >= 15 is 0 Å². The minimum absolute atomic E-state index is 0.113. The molecule has 0 saturated heterocycles. The fourth-order valence-corrected chi connectivity index (χ4v) is 1.63. The quantitative estimate of drug-likeness (QED) is 0.885. The van der Waals surface area contributed by atoms with Gasteiger partial charge >= 0.3 is 0 Å². The molecule has 0 fully saturated rings. The predicted octanol–water partition coefficient (Wildman–Crippen LogP) is 1.51. The van der Waals surface area contributed by atoms with Crippen LogP contribution in [0.4, 0.5) is 5.69 Å². The Labute approximate surface area is 105 Å². The smallest absolute Gasteiger partial charge is 0.269 e. The van der Waals surface area contributed by atoms with Crippen molar-refractivity contribution in [1.29, 1.82) is 0 Å². The predicted molar refractivity (Wildman–Crippen MR) is 70.6 cm³/mol. The van der Waals surface area contributed by atoms with Crippen molar-refractivity contribution in [1.82, 2.24) is 14.8 Å². The van der Waals surface area contributed by atoms with Gasteiger partial charge in [0.1, 0.15) is 0 Å². The van der Waals surface area contributed by atoms with Crippen molar-refractivity contribution in [3.8, 4) is 0 Å². The van der Waals surface area contributed by atoms with Gasteiger partial charge in [-0.2, -0.15) is 5.10 Å². The number of rotatable bonds is 4. The van der Waals surface area contributed by atoms with Gasteiger partial charge in [0.15, 0.2) is 0 Å². The highest BCUT2D eigenvalue weighted by Crippen LogP contribution is 2.03. The van der Waals surface area contributed by atoms with E-state index in [1.807, 2.05) is 26.0 Å². The molecule has 0 bridgehead atoms. The van der Waals surface area contributed by atoms with E-state index in [0.29, 0.717) is 6.54 Å². The normalized spacial score (nSPS) is 10.6. The van der Waals surface area contributed by atoms with Gasteiger partial charge in [0, 0.05) is 24.5 Å². The fraction of sp³-hybridized carbons (Fsp3) is 0.308. The van der Waals surface area contributed by atoms with Gasteiger partial charge in [-0.25, -0.2) is 4.68 Å². The summed E-state index contributed by atoms with van der Waals surface area (Å²) in [5, 5.41) is 7.30. The molecule has 0 unspecified atom stereocenters. The monoisotopic (exact) mass is 244 g/mol. The van der Waals surface area contributed by atoms with Crippen LogP contribution in [0, 0.1) is 0 Å². The molecule has 5 nitrogen and oxygen atoms in total. The van der Waals surface area contributed by atoms with Crippen LogP contribution in [0.15, 0.2) is 41.6 Å². The Morgan fingerprint density at radius 1 is 1.33 bits per heavy atom. The van der Waals surface area contributed by atoms with Crippen LogP contribution in [0.5, 0.6) is 0 Å². The summed E-state index contributed by atoms with van der Waals surface area (Å²) in [5.41, 5.74) is 1.64.